The number of hydrogen-bond donors (Lipinski definition) is 4. The fourth-order valence-corrected chi connectivity index (χ4v) is 1.79. The maximum atomic E-state index is 11.2. The van der Waals surface area contributed by atoms with Gasteiger partial charge in [0.15, 0.2) is 0 Å². The largest absolute Gasteiger partial charge is 0.787 e. The Labute approximate surface area is 97.2 Å². The van der Waals surface area contributed by atoms with Crippen molar-refractivity contribution in [2.45, 2.75) is 12.5 Å². The second kappa shape index (κ2) is 4.96. The van der Waals surface area contributed by atoms with Crippen molar-refractivity contribution in [3.05, 3.63) is 41.2 Å². The summed E-state index contributed by atoms with van der Waals surface area (Å²) in [6.45, 7) is 0. The summed E-state index contributed by atoms with van der Waals surface area (Å²) < 4.78 is 0. The van der Waals surface area contributed by atoms with Gasteiger partial charge in [-0.15, -0.1) is 0 Å². The van der Waals surface area contributed by atoms with Crippen LogP contribution in [0.5, 0.6) is 0 Å². The molecule has 0 aliphatic carbocycles. The van der Waals surface area contributed by atoms with Crippen molar-refractivity contribution < 1.29 is 10.0 Å². The Bertz CT molecular complexity index is 523. The summed E-state index contributed by atoms with van der Waals surface area (Å²) in [4.78, 5) is 14.2. The molecule has 0 bridgehead atoms. The van der Waals surface area contributed by atoms with E-state index in [-0.39, 0.29) is 6.42 Å². The van der Waals surface area contributed by atoms with E-state index in [1.165, 1.54) is 5.48 Å². The smallest absolute Gasteiger partial charge is 0.259 e. The highest BCUT2D eigenvalue weighted by molar-refractivity contribution is 5.85. The lowest BCUT2D eigenvalue weighted by atomic mass is 10.1. The van der Waals surface area contributed by atoms with Crippen LogP contribution in [-0.2, 0) is 11.2 Å². The van der Waals surface area contributed by atoms with Crippen LogP contribution in [-0.4, -0.2) is 22.1 Å². The van der Waals surface area contributed by atoms with Crippen LogP contribution in [0, 0.1) is 5.21 Å². The number of fused-ring (bicyclic) bond motifs is 1. The monoisotopic (exact) mass is 234 g/mol. The zero-order valence-electron chi connectivity index (χ0n) is 8.93. The Hall–Kier alpha value is -1.89. The Balaban J connectivity index is 2.25. The third-order valence-electron chi connectivity index (χ3n) is 2.67. The molecule has 0 radical (unpaired) electrons. The third kappa shape index (κ3) is 2.28. The number of rotatable bonds is 4. The molecule has 6 heteroatoms. The van der Waals surface area contributed by atoms with Gasteiger partial charge in [-0.2, -0.15) is 0 Å². The van der Waals surface area contributed by atoms with E-state index in [1.54, 1.807) is 11.7 Å². The number of aromatic nitrogens is 1. The lowest BCUT2D eigenvalue weighted by molar-refractivity contribution is -0.131. The van der Waals surface area contributed by atoms with Crippen LogP contribution in [0.1, 0.15) is 5.56 Å². The molecule has 0 saturated carbocycles. The van der Waals surface area contributed by atoms with Crippen LogP contribution in [0.3, 0.4) is 0 Å². The lowest BCUT2D eigenvalue weighted by Crippen LogP contribution is -2.42. The number of amides is 1. The Morgan fingerprint density at radius 1 is 1.47 bits per heavy atom. The third-order valence-corrected chi connectivity index (χ3v) is 2.67. The summed E-state index contributed by atoms with van der Waals surface area (Å²) in [5, 5.41) is 20.1. The van der Waals surface area contributed by atoms with Gasteiger partial charge in [-0.25, -0.2) is 5.48 Å². The molecular weight excluding hydrogens is 222 g/mol. The number of H-pyrrole nitrogens is 1. The van der Waals surface area contributed by atoms with Gasteiger partial charge in [0.2, 0.25) is 0 Å². The maximum absolute atomic E-state index is 11.2. The predicted octanol–water partition coefficient (Wildman–Crippen LogP) is 0.672. The number of hydrogen-bond acceptors (Lipinski definition) is 4. The van der Waals surface area contributed by atoms with Crippen LogP contribution in [0.15, 0.2) is 30.5 Å². The van der Waals surface area contributed by atoms with Gasteiger partial charge in [0, 0.05) is 17.1 Å². The van der Waals surface area contributed by atoms with Gasteiger partial charge in [-0.1, -0.05) is 18.2 Å². The van der Waals surface area contributed by atoms with Crippen LogP contribution >= 0.6 is 0 Å². The normalized spacial score (nSPS) is 12.6. The van der Waals surface area contributed by atoms with Crippen molar-refractivity contribution >= 4 is 16.8 Å². The molecule has 1 aromatic heterocycles. The molecule has 17 heavy (non-hydrogen) atoms. The van der Waals surface area contributed by atoms with Crippen LogP contribution < -0.4 is 11.0 Å². The first-order chi connectivity index (χ1) is 8.26. The number of para-hydroxylation sites is 1. The topological polar surface area (TPSA) is 100 Å². The molecule has 1 atom stereocenters. The van der Waals surface area contributed by atoms with Crippen molar-refractivity contribution in [1.29, 1.82) is 0 Å². The first-order valence-electron chi connectivity index (χ1n) is 5.13. The molecule has 0 spiro atoms. The molecule has 0 unspecified atom stereocenters. The molecule has 0 aliphatic rings. The minimum Gasteiger partial charge on any atom is -0.787 e. The first-order valence-corrected chi connectivity index (χ1v) is 5.13. The fourth-order valence-electron chi connectivity index (χ4n) is 1.79. The Morgan fingerprint density at radius 2 is 2.24 bits per heavy atom. The zero-order chi connectivity index (χ0) is 12.3. The lowest BCUT2D eigenvalue weighted by Gasteiger charge is -2.19. The predicted molar refractivity (Wildman–Crippen MR) is 62.2 cm³/mol. The molecule has 0 aliphatic heterocycles. The fraction of sp³-hybridized carbons (Fsp3) is 0.182. The summed E-state index contributed by atoms with van der Waals surface area (Å²) in [5.41, 5.74) is 4.87. The second-order valence-corrected chi connectivity index (χ2v) is 3.71. The van der Waals surface area contributed by atoms with Gasteiger partial charge in [0.1, 0.15) is 0 Å². The van der Waals surface area contributed by atoms with E-state index in [4.69, 9.17) is 5.21 Å². The van der Waals surface area contributed by atoms with Crippen molar-refractivity contribution in [3.8, 4) is 0 Å². The number of carbonyl (C=O) groups excluding carboxylic acids is 1. The van der Waals surface area contributed by atoms with E-state index in [9.17, 15) is 10.0 Å². The highest BCUT2D eigenvalue weighted by Crippen LogP contribution is 2.18. The van der Waals surface area contributed by atoms with Crippen LogP contribution in [0.4, 0.5) is 0 Å². The molecule has 2 aromatic rings. The van der Waals surface area contributed by atoms with E-state index in [2.05, 4.69) is 4.98 Å². The minimum absolute atomic E-state index is 0.208. The SMILES string of the molecule is O=C(NO)[C@H](Cc1c[nH]c2ccccc12)N[O-]. The van der Waals surface area contributed by atoms with Gasteiger partial charge < -0.3 is 15.7 Å². The van der Waals surface area contributed by atoms with Gasteiger partial charge in [0.05, 0.1) is 6.04 Å². The summed E-state index contributed by atoms with van der Waals surface area (Å²) in [6, 6.07) is 6.58. The molecule has 90 valence electrons. The molecule has 1 heterocycles. The zero-order valence-corrected chi connectivity index (χ0v) is 8.93. The maximum Gasteiger partial charge on any atom is 0.259 e. The van der Waals surface area contributed by atoms with Gasteiger partial charge in [-0.05, 0) is 18.1 Å². The summed E-state index contributed by atoms with van der Waals surface area (Å²) in [5.74, 6) is -0.745. The van der Waals surface area contributed by atoms with E-state index < -0.39 is 11.9 Å². The average molecular weight is 234 g/mol. The number of hydroxylamine groups is 2. The Kier molecular flexibility index (Phi) is 3.38. The average Bonchev–Trinajstić information content (AvgIpc) is 2.78. The number of benzene rings is 1. The first kappa shape index (κ1) is 11.6. The van der Waals surface area contributed by atoms with E-state index in [1.807, 2.05) is 24.3 Å². The van der Waals surface area contributed by atoms with E-state index >= 15 is 0 Å². The summed E-state index contributed by atoms with van der Waals surface area (Å²) >= 11 is 0. The highest BCUT2D eigenvalue weighted by Gasteiger charge is 2.16. The van der Waals surface area contributed by atoms with Crippen molar-refractivity contribution in [1.82, 2.24) is 15.9 Å². The van der Waals surface area contributed by atoms with Crippen LogP contribution in [0.25, 0.3) is 10.9 Å². The van der Waals surface area contributed by atoms with Gasteiger partial charge >= 0.3 is 0 Å². The van der Waals surface area contributed by atoms with Crippen LogP contribution in [0.2, 0.25) is 0 Å². The quantitative estimate of drug-likeness (QED) is 0.461. The van der Waals surface area contributed by atoms with Gasteiger partial charge in [-0.3, -0.25) is 10.0 Å². The molecule has 1 amide bonds. The number of carbonyl (C=O) groups is 1. The minimum atomic E-state index is -1.00. The molecule has 6 nitrogen and oxygen atoms in total. The molecule has 2 rings (SSSR count). The van der Waals surface area contributed by atoms with Crippen molar-refractivity contribution in [2.75, 3.05) is 0 Å². The van der Waals surface area contributed by atoms with E-state index in [0.29, 0.717) is 0 Å². The van der Waals surface area contributed by atoms with Gasteiger partial charge in [0.25, 0.3) is 5.91 Å². The molecular formula is C11H12N3O3-. The van der Waals surface area contributed by atoms with Crippen molar-refractivity contribution in [3.63, 3.8) is 0 Å². The summed E-state index contributed by atoms with van der Waals surface area (Å²) in [7, 11) is 0. The van der Waals surface area contributed by atoms with E-state index in [0.717, 1.165) is 16.5 Å². The molecule has 1 aromatic carbocycles. The Morgan fingerprint density at radius 3 is 2.94 bits per heavy atom. The highest BCUT2D eigenvalue weighted by atomic mass is 16.5. The standard InChI is InChI=1S/C11H12N3O3/c15-11(14-17)10(13-16)5-7-6-12-9-4-2-1-3-8(7)9/h1-4,6,10,12-13,17H,5H2,(H,14,15)/q-1/t10-/m0/s1. The second-order valence-electron chi connectivity index (χ2n) is 3.71. The molecule has 0 fully saturated rings. The summed E-state index contributed by atoms with van der Waals surface area (Å²) in [6.07, 6.45) is 1.96. The number of aromatic amines is 1. The molecule has 0 saturated heterocycles. The molecule has 4 N–H and O–H groups in total. The number of nitrogens with one attached hydrogen (secondary N) is 3. The van der Waals surface area contributed by atoms with Crippen molar-refractivity contribution in [2.24, 2.45) is 0 Å².